The Morgan fingerprint density at radius 1 is 1.44 bits per heavy atom. The van der Waals surface area contributed by atoms with Crippen LogP contribution in [0.4, 0.5) is 0 Å². The number of rotatable bonds is 3. The summed E-state index contributed by atoms with van der Waals surface area (Å²) in [6, 6.07) is 0. The number of hydrogen-bond donors (Lipinski definition) is 0. The summed E-state index contributed by atoms with van der Waals surface area (Å²) < 4.78 is 0. The summed E-state index contributed by atoms with van der Waals surface area (Å²) in [6.45, 7) is 6.21. The summed E-state index contributed by atoms with van der Waals surface area (Å²) in [5.41, 5.74) is 0. The minimum atomic E-state index is -0.226. The predicted octanol–water partition coefficient (Wildman–Crippen LogP) is 2.43. The van der Waals surface area contributed by atoms with Crippen molar-refractivity contribution in [2.45, 2.75) is 27.2 Å². The van der Waals surface area contributed by atoms with Crippen LogP contribution in [0.1, 0.15) is 27.2 Å². The SMILES string of the molecule is CC(C)C(C)CC(=O)Cl. The molecule has 0 fully saturated rings. The average molecular weight is 149 g/mol. The van der Waals surface area contributed by atoms with Gasteiger partial charge in [-0.05, 0) is 23.4 Å². The smallest absolute Gasteiger partial charge is 0.221 e. The summed E-state index contributed by atoms with van der Waals surface area (Å²) in [6.07, 6.45) is 0.499. The van der Waals surface area contributed by atoms with Gasteiger partial charge in [-0.1, -0.05) is 20.8 Å². The van der Waals surface area contributed by atoms with Crippen molar-refractivity contribution < 1.29 is 4.79 Å². The Bertz CT molecular complexity index is 99.1. The van der Waals surface area contributed by atoms with Crippen molar-refractivity contribution in [2.75, 3.05) is 0 Å². The van der Waals surface area contributed by atoms with Gasteiger partial charge in [0.25, 0.3) is 0 Å². The number of halogens is 1. The molecule has 0 aliphatic heterocycles. The molecular weight excluding hydrogens is 136 g/mol. The highest BCUT2D eigenvalue weighted by atomic mass is 35.5. The quantitative estimate of drug-likeness (QED) is 0.562. The van der Waals surface area contributed by atoms with Crippen molar-refractivity contribution >= 4 is 16.8 Å². The van der Waals surface area contributed by atoms with Gasteiger partial charge in [-0.25, -0.2) is 0 Å². The van der Waals surface area contributed by atoms with Gasteiger partial charge in [0.05, 0.1) is 0 Å². The summed E-state index contributed by atoms with van der Waals surface area (Å²) in [7, 11) is 0. The van der Waals surface area contributed by atoms with Crippen LogP contribution in [0, 0.1) is 11.8 Å². The van der Waals surface area contributed by atoms with E-state index in [0.717, 1.165) is 0 Å². The van der Waals surface area contributed by atoms with E-state index in [0.29, 0.717) is 18.3 Å². The zero-order chi connectivity index (χ0) is 7.44. The molecule has 0 spiro atoms. The van der Waals surface area contributed by atoms with Gasteiger partial charge in [0.2, 0.25) is 5.24 Å². The minimum absolute atomic E-state index is 0.226. The lowest BCUT2D eigenvalue weighted by Crippen LogP contribution is -2.06. The summed E-state index contributed by atoms with van der Waals surface area (Å²) >= 11 is 5.18. The molecule has 0 rings (SSSR count). The Morgan fingerprint density at radius 2 is 1.89 bits per heavy atom. The highest BCUT2D eigenvalue weighted by molar-refractivity contribution is 6.63. The lowest BCUT2D eigenvalue weighted by Gasteiger charge is -2.11. The van der Waals surface area contributed by atoms with Crippen LogP contribution in [0.25, 0.3) is 0 Å². The van der Waals surface area contributed by atoms with Crippen LogP contribution in [0.15, 0.2) is 0 Å². The van der Waals surface area contributed by atoms with Crippen LogP contribution >= 0.6 is 11.6 Å². The molecule has 9 heavy (non-hydrogen) atoms. The molecule has 1 unspecified atom stereocenters. The van der Waals surface area contributed by atoms with Gasteiger partial charge in [-0.2, -0.15) is 0 Å². The molecule has 0 amide bonds. The van der Waals surface area contributed by atoms with Crippen LogP contribution in [0.2, 0.25) is 0 Å². The van der Waals surface area contributed by atoms with Gasteiger partial charge >= 0.3 is 0 Å². The van der Waals surface area contributed by atoms with E-state index in [4.69, 9.17) is 11.6 Å². The lowest BCUT2D eigenvalue weighted by molar-refractivity contribution is -0.112. The molecule has 0 bridgehead atoms. The fourth-order valence-electron chi connectivity index (χ4n) is 0.489. The van der Waals surface area contributed by atoms with E-state index in [1.807, 2.05) is 6.92 Å². The maximum Gasteiger partial charge on any atom is 0.221 e. The van der Waals surface area contributed by atoms with E-state index in [1.54, 1.807) is 0 Å². The van der Waals surface area contributed by atoms with Gasteiger partial charge in [0.15, 0.2) is 0 Å². The van der Waals surface area contributed by atoms with E-state index < -0.39 is 0 Å². The van der Waals surface area contributed by atoms with Crippen molar-refractivity contribution in [3.8, 4) is 0 Å². The third kappa shape index (κ3) is 4.46. The first-order chi connectivity index (χ1) is 4.04. The third-order valence-corrected chi connectivity index (χ3v) is 1.77. The van der Waals surface area contributed by atoms with Gasteiger partial charge in [-0.15, -0.1) is 0 Å². The largest absolute Gasteiger partial charge is 0.281 e. The van der Waals surface area contributed by atoms with Crippen molar-refractivity contribution in [1.29, 1.82) is 0 Å². The van der Waals surface area contributed by atoms with E-state index in [2.05, 4.69) is 13.8 Å². The molecule has 0 N–H and O–H groups in total. The molecule has 0 aromatic carbocycles. The molecule has 0 heterocycles. The maximum absolute atomic E-state index is 10.3. The van der Waals surface area contributed by atoms with Gasteiger partial charge in [0, 0.05) is 6.42 Å². The predicted molar refractivity (Wildman–Crippen MR) is 39.5 cm³/mol. The van der Waals surface area contributed by atoms with E-state index >= 15 is 0 Å². The molecule has 1 nitrogen and oxygen atoms in total. The topological polar surface area (TPSA) is 17.1 Å². The number of carbonyl (C=O) groups is 1. The van der Waals surface area contributed by atoms with Gasteiger partial charge < -0.3 is 0 Å². The summed E-state index contributed by atoms with van der Waals surface area (Å²) in [4.78, 5) is 10.3. The van der Waals surface area contributed by atoms with Crippen molar-refractivity contribution in [3.63, 3.8) is 0 Å². The maximum atomic E-state index is 10.3. The van der Waals surface area contributed by atoms with Crippen LogP contribution in [0.5, 0.6) is 0 Å². The third-order valence-electron chi connectivity index (χ3n) is 1.62. The Labute approximate surface area is 61.4 Å². The molecule has 0 radical (unpaired) electrons. The van der Waals surface area contributed by atoms with E-state index in [9.17, 15) is 4.79 Å². The first-order valence-electron chi connectivity index (χ1n) is 3.22. The Balaban J connectivity index is 3.50. The fraction of sp³-hybridized carbons (Fsp3) is 0.857. The first-order valence-corrected chi connectivity index (χ1v) is 3.60. The normalized spacial score (nSPS) is 13.9. The highest BCUT2D eigenvalue weighted by Crippen LogP contribution is 2.14. The van der Waals surface area contributed by atoms with Crippen LogP contribution in [-0.2, 0) is 4.79 Å². The fourth-order valence-corrected chi connectivity index (χ4v) is 0.732. The van der Waals surface area contributed by atoms with Crippen molar-refractivity contribution in [1.82, 2.24) is 0 Å². The van der Waals surface area contributed by atoms with Crippen LogP contribution in [0.3, 0.4) is 0 Å². The number of hydrogen-bond acceptors (Lipinski definition) is 1. The summed E-state index contributed by atoms with van der Waals surface area (Å²) in [5, 5.41) is -0.226. The molecule has 0 aliphatic carbocycles. The Hall–Kier alpha value is -0.0400. The number of carbonyl (C=O) groups excluding carboxylic acids is 1. The molecule has 54 valence electrons. The summed E-state index contributed by atoms with van der Waals surface area (Å²) in [5.74, 6) is 0.961. The van der Waals surface area contributed by atoms with Gasteiger partial charge in [0.1, 0.15) is 0 Å². The van der Waals surface area contributed by atoms with Crippen molar-refractivity contribution in [2.24, 2.45) is 11.8 Å². The molecule has 0 aromatic rings. The zero-order valence-electron chi connectivity index (χ0n) is 6.15. The minimum Gasteiger partial charge on any atom is -0.281 e. The molecular formula is C7H13ClO. The van der Waals surface area contributed by atoms with Crippen LogP contribution < -0.4 is 0 Å². The molecule has 1 atom stereocenters. The highest BCUT2D eigenvalue weighted by Gasteiger charge is 2.09. The standard InChI is InChI=1S/C7H13ClO/c1-5(2)6(3)4-7(8)9/h5-6H,4H2,1-3H3. The molecule has 0 aromatic heterocycles. The Kier molecular flexibility index (Phi) is 3.87. The molecule has 2 heteroatoms. The molecule has 0 saturated carbocycles. The lowest BCUT2D eigenvalue weighted by atomic mass is 9.95. The second-order valence-electron chi connectivity index (χ2n) is 2.78. The van der Waals surface area contributed by atoms with Gasteiger partial charge in [-0.3, -0.25) is 4.79 Å². The first kappa shape index (κ1) is 8.96. The molecule has 0 aliphatic rings. The van der Waals surface area contributed by atoms with E-state index in [1.165, 1.54) is 0 Å². The second-order valence-corrected chi connectivity index (χ2v) is 3.20. The molecule has 0 saturated heterocycles. The van der Waals surface area contributed by atoms with E-state index in [-0.39, 0.29) is 5.24 Å². The van der Waals surface area contributed by atoms with Crippen molar-refractivity contribution in [3.05, 3.63) is 0 Å². The van der Waals surface area contributed by atoms with Crippen LogP contribution in [-0.4, -0.2) is 5.24 Å². The Morgan fingerprint density at radius 3 is 2.00 bits per heavy atom. The average Bonchev–Trinajstić information content (AvgIpc) is 1.63. The monoisotopic (exact) mass is 148 g/mol. The zero-order valence-corrected chi connectivity index (χ0v) is 6.90. The second kappa shape index (κ2) is 3.89.